The summed E-state index contributed by atoms with van der Waals surface area (Å²) in [6.45, 7) is 5.83. The van der Waals surface area contributed by atoms with Crippen LogP contribution in [0.5, 0.6) is 0 Å². The van der Waals surface area contributed by atoms with Crippen LogP contribution >= 0.6 is 0 Å². The first-order valence-corrected chi connectivity index (χ1v) is 7.08. The molecule has 0 radical (unpaired) electrons. The summed E-state index contributed by atoms with van der Waals surface area (Å²) in [4.78, 5) is 24.6. The highest BCUT2D eigenvalue weighted by Crippen LogP contribution is 2.16. The molecule has 0 fully saturated rings. The smallest absolute Gasteiger partial charge is 0.174 e. The molecule has 1 heterocycles. The number of hydrogen-bond donors (Lipinski definition) is 0. The molecule has 2 rings (SSSR count). The highest BCUT2D eigenvalue weighted by atomic mass is 16.1. The normalized spacial score (nSPS) is 10.7. The average Bonchev–Trinajstić information content (AvgIpc) is 2.79. The lowest BCUT2D eigenvalue weighted by Gasteiger charge is -2.05. The molecule has 0 aliphatic carbocycles. The number of aryl methyl sites for hydroxylation is 4. The van der Waals surface area contributed by atoms with E-state index in [1.807, 2.05) is 32.9 Å². The Hall–Kier alpha value is -2.23. The maximum Gasteiger partial charge on any atom is 0.174 e. The molecule has 0 atom stereocenters. The van der Waals surface area contributed by atoms with E-state index < -0.39 is 0 Å². The van der Waals surface area contributed by atoms with Crippen LogP contribution in [-0.4, -0.2) is 21.3 Å². The van der Waals surface area contributed by atoms with Gasteiger partial charge in [0.15, 0.2) is 11.6 Å². The molecule has 1 aromatic carbocycles. The number of carbonyl (C=O) groups excluding carboxylic acids is 2. The monoisotopic (exact) mass is 284 g/mol. The van der Waals surface area contributed by atoms with Crippen molar-refractivity contribution >= 4 is 11.6 Å². The number of ketones is 2. The SMILES string of the molecule is CCc1nn(C)cc1C(=O)CC(=O)c1ccc(C)cc1C. The zero-order valence-corrected chi connectivity index (χ0v) is 12.9. The van der Waals surface area contributed by atoms with Gasteiger partial charge in [-0.3, -0.25) is 14.3 Å². The van der Waals surface area contributed by atoms with E-state index in [0.29, 0.717) is 17.5 Å². The fourth-order valence-electron chi connectivity index (χ4n) is 2.49. The van der Waals surface area contributed by atoms with E-state index in [1.165, 1.54) is 0 Å². The first kappa shape index (κ1) is 15.2. The largest absolute Gasteiger partial charge is 0.294 e. The summed E-state index contributed by atoms with van der Waals surface area (Å²) in [6.07, 6.45) is 2.26. The summed E-state index contributed by atoms with van der Waals surface area (Å²) < 4.78 is 1.62. The standard InChI is InChI=1S/C17H20N2O2/c1-5-15-14(10-19(4)18-15)17(21)9-16(20)13-7-6-11(2)8-12(13)3/h6-8,10H,5,9H2,1-4H3. The van der Waals surface area contributed by atoms with Crippen molar-refractivity contribution in [3.63, 3.8) is 0 Å². The predicted octanol–water partition coefficient (Wildman–Crippen LogP) is 3.06. The van der Waals surface area contributed by atoms with Crippen LogP contribution in [0, 0.1) is 13.8 Å². The Balaban J connectivity index is 2.20. The number of Topliss-reactive ketones (excluding diaryl/α,β-unsaturated/α-hetero) is 2. The van der Waals surface area contributed by atoms with Crippen LogP contribution in [-0.2, 0) is 13.5 Å². The minimum atomic E-state index is -0.162. The van der Waals surface area contributed by atoms with E-state index in [0.717, 1.165) is 16.8 Å². The lowest BCUT2D eigenvalue weighted by Crippen LogP contribution is -2.11. The zero-order chi connectivity index (χ0) is 15.6. The molecular formula is C17H20N2O2. The molecule has 4 nitrogen and oxygen atoms in total. The minimum absolute atomic E-state index is 0.109. The van der Waals surface area contributed by atoms with Crippen molar-refractivity contribution in [3.8, 4) is 0 Å². The topological polar surface area (TPSA) is 52.0 Å². The molecule has 2 aromatic rings. The lowest BCUT2D eigenvalue weighted by molar-refractivity contribution is 0.0893. The number of carbonyl (C=O) groups is 2. The molecule has 0 bridgehead atoms. The quantitative estimate of drug-likeness (QED) is 0.626. The summed E-state index contributed by atoms with van der Waals surface area (Å²) in [6, 6.07) is 5.65. The Morgan fingerprint density at radius 1 is 1.14 bits per heavy atom. The molecule has 1 aromatic heterocycles. The highest BCUT2D eigenvalue weighted by molar-refractivity contribution is 6.14. The summed E-state index contributed by atoms with van der Waals surface area (Å²) in [5, 5.41) is 4.24. The predicted molar refractivity (Wildman–Crippen MR) is 81.8 cm³/mol. The van der Waals surface area contributed by atoms with Crippen LogP contribution in [0.1, 0.15) is 50.9 Å². The van der Waals surface area contributed by atoms with Crippen molar-refractivity contribution in [3.05, 3.63) is 52.3 Å². The molecule has 0 saturated heterocycles. The molecule has 110 valence electrons. The Morgan fingerprint density at radius 2 is 1.81 bits per heavy atom. The zero-order valence-electron chi connectivity index (χ0n) is 12.9. The van der Waals surface area contributed by atoms with Crippen molar-refractivity contribution in [1.29, 1.82) is 0 Å². The third-order valence-corrected chi connectivity index (χ3v) is 3.54. The van der Waals surface area contributed by atoms with E-state index >= 15 is 0 Å². The molecule has 21 heavy (non-hydrogen) atoms. The highest BCUT2D eigenvalue weighted by Gasteiger charge is 2.19. The Bertz CT molecular complexity index is 699. The van der Waals surface area contributed by atoms with Crippen LogP contribution < -0.4 is 0 Å². The number of rotatable bonds is 5. The third-order valence-electron chi connectivity index (χ3n) is 3.54. The van der Waals surface area contributed by atoms with Gasteiger partial charge >= 0.3 is 0 Å². The fourth-order valence-corrected chi connectivity index (χ4v) is 2.49. The number of benzene rings is 1. The lowest BCUT2D eigenvalue weighted by atomic mass is 9.97. The second-order valence-electron chi connectivity index (χ2n) is 5.36. The molecule has 0 aliphatic rings. The number of nitrogens with zero attached hydrogens (tertiary/aromatic N) is 2. The van der Waals surface area contributed by atoms with Crippen LogP contribution in [0.25, 0.3) is 0 Å². The van der Waals surface area contributed by atoms with Crippen LogP contribution in [0.2, 0.25) is 0 Å². The second kappa shape index (κ2) is 6.04. The summed E-state index contributed by atoms with van der Waals surface area (Å²) in [5.41, 5.74) is 3.94. The van der Waals surface area contributed by atoms with Gasteiger partial charge in [-0.25, -0.2) is 0 Å². The number of aromatic nitrogens is 2. The van der Waals surface area contributed by atoms with E-state index in [-0.39, 0.29) is 18.0 Å². The minimum Gasteiger partial charge on any atom is -0.294 e. The summed E-state index contributed by atoms with van der Waals surface area (Å²) >= 11 is 0. The van der Waals surface area contributed by atoms with Crippen molar-refractivity contribution in [2.24, 2.45) is 7.05 Å². The van der Waals surface area contributed by atoms with Gasteiger partial charge < -0.3 is 0 Å². The van der Waals surface area contributed by atoms with Crippen LogP contribution in [0.4, 0.5) is 0 Å². The molecule has 0 unspecified atom stereocenters. The van der Waals surface area contributed by atoms with Gasteiger partial charge in [0.1, 0.15) is 0 Å². The first-order valence-electron chi connectivity index (χ1n) is 7.08. The number of hydrogen-bond acceptors (Lipinski definition) is 3. The Morgan fingerprint density at radius 3 is 2.43 bits per heavy atom. The summed E-state index contributed by atoms with van der Waals surface area (Å²) in [5.74, 6) is -0.298. The maximum atomic E-state index is 12.3. The van der Waals surface area contributed by atoms with E-state index in [1.54, 1.807) is 24.0 Å². The van der Waals surface area contributed by atoms with E-state index in [4.69, 9.17) is 0 Å². The maximum absolute atomic E-state index is 12.3. The second-order valence-corrected chi connectivity index (χ2v) is 5.36. The van der Waals surface area contributed by atoms with Gasteiger partial charge in [-0.2, -0.15) is 5.10 Å². The van der Waals surface area contributed by atoms with Crippen molar-refractivity contribution in [2.75, 3.05) is 0 Å². The van der Waals surface area contributed by atoms with Gasteiger partial charge in [0, 0.05) is 18.8 Å². The average molecular weight is 284 g/mol. The van der Waals surface area contributed by atoms with Crippen molar-refractivity contribution < 1.29 is 9.59 Å². The van der Waals surface area contributed by atoms with Gasteiger partial charge in [0.25, 0.3) is 0 Å². The van der Waals surface area contributed by atoms with Gasteiger partial charge in [-0.1, -0.05) is 30.7 Å². The molecule has 0 aliphatic heterocycles. The van der Waals surface area contributed by atoms with E-state index in [9.17, 15) is 9.59 Å². The Kier molecular flexibility index (Phi) is 4.36. The molecular weight excluding hydrogens is 264 g/mol. The van der Waals surface area contributed by atoms with Gasteiger partial charge in [-0.05, 0) is 25.8 Å². The van der Waals surface area contributed by atoms with Crippen molar-refractivity contribution in [2.45, 2.75) is 33.6 Å². The van der Waals surface area contributed by atoms with Crippen LogP contribution in [0.15, 0.2) is 24.4 Å². The Labute approximate surface area is 124 Å². The van der Waals surface area contributed by atoms with Crippen LogP contribution in [0.3, 0.4) is 0 Å². The third kappa shape index (κ3) is 3.27. The molecule has 0 N–H and O–H groups in total. The van der Waals surface area contributed by atoms with Crippen molar-refractivity contribution in [1.82, 2.24) is 9.78 Å². The molecule has 0 amide bonds. The fraction of sp³-hybridized carbons (Fsp3) is 0.353. The first-order chi connectivity index (χ1) is 9.92. The van der Waals surface area contributed by atoms with Gasteiger partial charge in [0.2, 0.25) is 0 Å². The van der Waals surface area contributed by atoms with Gasteiger partial charge in [0.05, 0.1) is 17.7 Å². The van der Waals surface area contributed by atoms with E-state index in [2.05, 4.69) is 5.10 Å². The molecule has 0 saturated carbocycles. The molecule has 0 spiro atoms. The molecule has 4 heteroatoms. The van der Waals surface area contributed by atoms with Gasteiger partial charge in [-0.15, -0.1) is 0 Å². The summed E-state index contributed by atoms with van der Waals surface area (Å²) in [7, 11) is 1.78.